The fourth-order valence-corrected chi connectivity index (χ4v) is 2.56. The van der Waals surface area contributed by atoms with Crippen LogP contribution in [-0.4, -0.2) is 16.7 Å². The predicted octanol–water partition coefficient (Wildman–Crippen LogP) is 2.09. The summed E-state index contributed by atoms with van der Waals surface area (Å²) in [7, 11) is 0. The third-order valence-corrected chi connectivity index (χ3v) is 3.38. The first-order valence-electron chi connectivity index (χ1n) is 5.45. The number of esters is 1. The standard InChI is InChI=1S/C13H16O3/c1-4-10-11(16-12(14)8(2)3)9-5-6-13(10,15)7-9/h4,9,15H,1-2,5-7H2,3H3. The van der Waals surface area contributed by atoms with Crippen LogP contribution >= 0.6 is 0 Å². The molecule has 0 aromatic carbocycles. The van der Waals surface area contributed by atoms with E-state index >= 15 is 0 Å². The molecule has 0 saturated heterocycles. The Kier molecular flexibility index (Phi) is 2.50. The van der Waals surface area contributed by atoms with Gasteiger partial charge in [-0.2, -0.15) is 0 Å². The van der Waals surface area contributed by atoms with Gasteiger partial charge in [0.15, 0.2) is 0 Å². The Morgan fingerprint density at radius 2 is 2.38 bits per heavy atom. The molecule has 0 heterocycles. The van der Waals surface area contributed by atoms with Crippen LogP contribution < -0.4 is 0 Å². The van der Waals surface area contributed by atoms with Crippen molar-refractivity contribution < 1.29 is 14.6 Å². The second-order valence-corrected chi connectivity index (χ2v) is 4.62. The third-order valence-electron chi connectivity index (χ3n) is 3.38. The van der Waals surface area contributed by atoms with Crippen LogP contribution in [0.25, 0.3) is 0 Å². The maximum atomic E-state index is 11.5. The minimum absolute atomic E-state index is 0.154. The topological polar surface area (TPSA) is 46.5 Å². The van der Waals surface area contributed by atoms with Crippen molar-refractivity contribution in [2.45, 2.75) is 31.8 Å². The number of allylic oxidation sites excluding steroid dienone is 1. The number of carbonyl (C=O) groups is 1. The molecule has 2 bridgehead atoms. The summed E-state index contributed by atoms with van der Waals surface area (Å²) in [5.41, 5.74) is 0.223. The smallest absolute Gasteiger partial charge is 0.338 e. The maximum absolute atomic E-state index is 11.5. The van der Waals surface area contributed by atoms with Crippen molar-refractivity contribution in [1.29, 1.82) is 0 Å². The fraction of sp³-hybridized carbons (Fsp3) is 0.462. The zero-order valence-electron chi connectivity index (χ0n) is 9.45. The maximum Gasteiger partial charge on any atom is 0.338 e. The summed E-state index contributed by atoms with van der Waals surface area (Å²) >= 11 is 0. The molecule has 0 spiro atoms. The van der Waals surface area contributed by atoms with Crippen molar-refractivity contribution in [3.05, 3.63) is 36.1 Å². The number of carbonyl (C=O) groups excluding carboxylic acids is 1. The van der Waals surface area contributed by atoms with Crippen LogP contribution in [-0.2, 0) is 9.53 Å². The number of rotatable bonds is 3. The Bertz CT molecular complexity index is 405. The summed E-state index contributed by atoms with van der Waals surface area (Å²) in [6, 6.07) is 0. The third kappa shape index (κ3) is 1.52. The predicted molar refractivity (Wildman–Crippen MR) is 60.4 cm³/mol. The largest absolute Gasteiger partial charge is 0.427 e. The molecular formula is C13H16O3. The van der Waals surface area contributed by atoms with E-state index < -0.39 is 11.6 Å². The van der Waals surface area contributed by atoms with Crippen molar-refractivity contribution in [2.24, 2.45) is 5.92 Å². The number of aliphatic hydroxyl groups is 1. The molecule has 16 heavy (non-hydrogen) atoms. The van der Waals surface area contributed by atoms with E-state index in [9.17, 15) is 9.90 Å². The Balaban J connectivity index is 2.29. The normalized spacial score (nSPS) is 31.8. The average Bonchev–Trinajstić information content (AvgIpc) is 2.71. The van der Waals surface area contributed by atoms with Crippen molar-refractivity contribution in [3.8, 4) is 0 Å². The molecule has 3 nitrogen and oxygen atoms in total. The van der Waals surface area contributed by atoms with Gasteiger partial charge >= 0.3 is 5.97 Å². The van der Waals surface area contributed by atoms with Gasteiger partial charge in [-0.15, -0.1) is 0 Å². The molecule has 1 fully saturated rings. The van der Waals surface area contributed by atoms with E-state index in [1.165, 1.54) is 0 Å². The Morgan fingerprint density at radius 3 is 2.94 bits per heavy atom. The van der Waals surface area contributed by atoms with E-state index in [0.717, 1.165) is 12.8 Å². The van der Waals surface area contributed by atoms with Crippen LogP contribution in [0.1, 0.15) is 26.2 Å². The fourth-order valence-electron chi connectivity index (χ4n) is 2.56. The zero-order chi connectivity index (χ0) is 11.9. The summed E-state index contributed by atoms with van der Waals surface area (Å²) in [5, 5.41) is 10.3. The lowest BCUT2D eigenvalue weighted by molar-refractivity contribution is -0.135. The first-order chi connectivity index (χ1) is 7.48. The molecule has 0 aromatic heterocycles. The van der Waals surface area contributed by atoms with Gasteiger partial charge in [-0.3, -0.25) is 0 Å². The summed E-state index contributed by atoms with van der Waals surface area (Å²) in [6.45, 7) is 8.83. The van der Waals surface area contributed by atoms with E-state index in [2.05, 4.69) is 13.2 Å². The van der Waals surface area contributed by atoms with Gasteiger partial charge in [0.05, 0.1) is 5.60 Å². The molecular weight excluding hydrogens is 204 g/mol. The highest BCUT2D eigenvalue weighted by Gasteiger charge is 2.50. The zero-order valence-corrected chi connectivity index (χ0v) is 9.45. The highest BCUT2D eigenvalue weighted by atomic mass is 16.5. The molecule has 2 aliphatic rings. The summed E-state index contributed by atoms with van der Waals surface area (Å²) in [4.78, 5) is 11.5. The van der Waals surface area contributed by atoms with Crippen LogP contribution in [0.2, 0.25) is 0 Å². The van der Waals surface area contributed by atoms with Gasteiger partial charge in [-0.05, 0) is 26.2 Å². The number of fused-ring (bicyclic) bond motifs is 2. The molecule has 2 atom stereocenters. The van der Waals surface area contributed by atoms with E-state index in [1.54, 1.807) is 13.0 Å². The lowest BCUT2D eigenvalue weighted by Gasteiger charge is -2.23. The number of ether oxygens (including phenoxy) is 1. The lowest BCUT2D eigenvalue weighted by Crippen LogP contribution is -2.25. The molecule has 1 saturated carbocycles. The highest BCUT2D eigenvalue weighted by Crippen LogP contribution is 2.52. The van der Waals surface area contributed by atoms with Gasteiger partial charge in [-0.25, -0.2) is 4.79 Å². The molecule has 86 valence electrons. The first-order valence-corrected chi connectivity index (χ1v) is 5.45. The molecule has 0 radical (unpaired) electrons. The molecule has 0 amide bonds. The minimum Gasteiger partial charge on any atom is -0.427 e. The average molecular weight is 220 g/mol. The lowest BCUT2D eigenvalue weighted by atomic mass is 9.93. The molecule has 0 aromatic rings. The van der Waals surface area contributed by atoms with Crippen LogP contribution in [0.5, 0.6) is 0 Å². The Hall–Kier alpha value is -1.35. The van der Waals surface area contributed by atoms with Crippen molar-refractivity contribution in [3.63, 3.8) is 0 Å². The van der Waals surface area contributed by atoms with Gasteiger partial charge in [0.25, 0.3) is 0 Å². The van der Waals surface area contributed by atoms with Crippen LogP contribution in [0.15, 0.2) is 36.1 Å². The molecule has 2 unspecified atom stereocenters. The number of hydrogen-bond donors (Lipinski definition) is 1. The SMILES string of the molecule is C=CC1=C(OC(=O)C(=C)C)C2CCC1(O)C2. The Morgan fingerprint density at radius 1 is 1.69 bits per heavy atom. The van der Waals surface area contributed by atoms with E-state index in [1.807, 2.05) is 0 Å². The van der Waals surface area contributed by atoms with Crippen molar-refractivity contribution in [1.82, 2.24) is 0 Å². The molecule has 2 aliphatic carbocycles. The van der Waals surface area contributed by atoms with Gasteiger partial charge in [0.1, 0.15) is 5.76 Å². The molecule has 3 heteroatoms. The molecule has 2 rings (SSSR count). The highest BCUT2D eigenvalue weighted by molar-refractivity contribution is 5.88. The summed E-state index contributed by atoms with van der Waals surface area (Å²) in [6.07, 6.45) is 3.84. The second kappa shape index (κ2) is 3.59. The quantitative estimate of drug-likeness (QED) is 0.585. The molecule has 1 N–H and O–H groups in total. The monoisotopic (exact) mass is 220 g/mol. The van der Waals surface area contributed by atoms with Gasteiger partial charge in [0, 0.05) is 17.1 Å². The summed E-state index contributed by atoms with van der Waals surface area (Å²) < 4.78 is 5.29. The van der Waals surface area contributed by atoms with E-state index in [4.69, 9.17) is 4.74 Å². The van der Waals surface area contributed by atoms with Crippen LogP contribution in [0.4, 0.5) is 0 Å². The Labute approximate surface area is 95.1 Å². The van der Waals surface area contributed by atoms with E-state index in [0.29, 0.717) is 23.3 Å². The van der Waals surface area contributed by atoms with Gasteiger partial charge in [-0.1, -0.05) is 19.2 Å². The van der Waals surface area contributed by atoms with E-state index in [-0.39, 0.29) is 5.92 Å². The summed E-state index contributed by atoms with van der Waals surface area (Å²) in [5.74, 6) is 0.323. The van der Waals surface area contributed by atoms with Gasteiger partial charge in [0.2, 0.25) is 0 Å². The van der Waals surface area contributed by atoms with Crippen molar-refractivity contribution in [2.75, 3.05) is 0 Å². The second-order valence-electron chi connectivity index (χ2n) is 4.62. The number of hydrogen-bond acceptors (Lipinski definition) is 3. The van der Waals surface area contributed by atoms with Crippen LogP contribution in [0, 0.1) is 5.92 Å². The first kappa shape index (κ1) is 11.1. The van der Waals surface area contributed by atoms with Crippen LogP contribution in [0.3, 0.4) is 0 Å². The van der Waals surface area contributed by atoms with Crippen molar-refractivity contribution >= 4 is 5.97 Å². The minimum atomic E-state index is -0.822. The van der Waals surface area contributed by atoms with Gasteiger partial charge < -0.3 is 9.84 Å². The molecule has 0 aliphatic heterocycles.